The molecule has 132 valence electrons. The van der Waals surface area contributed by atoms with Gasteiger partial charge < -0.3 is 4.74 Å². The Bertz CT molecular complexity index is 833. The molecule has 0 spiro atoms. The fraction of sp³-hybridized carbons (Fsp3) is 0.143. The van der Waals surface area contributed by atoms with Crippen LogP contribution >= 0.6 is 0 Å². The number of hydrogen-bond acceptors (Lipinski definition) is 4. The molecule has 0 aliphatic rings. The number of aliphatic imine (C=N–C) groups is 1. The predicted molar refractivity (Wildman–Crippen MR) is 102 cm³/mol. The maximum absolute atomic E-state index is 8.49. The lowest BCUT2D eigenvalue weighted by molar-refractivity contribution is 0.240. The van der Waals surface area contributed by atoms with Crippen LogP contribution in [0.15, 0.2) is 77.9 Å². The summed E-state index contributed by atoms with van der Waals surface area (Å²) in [6.45, 7) is 0.471. The molecule has 5 nitrogen and oxygen atoms in total. The van der Waals surface area contributed by atoms with Gasteiger partial charge in [0, 0.05) is 6.07 Å². The molecule has 0 aliphatic heterocycles. The molecule has 0 saturated carbocycles. The smallest absolute Gasteiger partial charge is 0.213 e. The first-order valence-corrected chi connectivity index (χ1v) is 8.47. The molecule has 2 aromatic carbocycles. The molecule has 1 heterocycles. The lowest BCUT2D eigenvalue weighted by Gasteiger charge is -2.11. The zero-order valence-corrected chi connectivity index (χ0v) is 14.4. The molecule has 3 rings (SSSR count). The molecule has 5 heteroatoms. The number of rotatable bonds is 8. The SMILES string of the molecule is ONC=Nc1ccc(OCc2ccccc2CCc2ccccc2)nc1. The van der Waals surface area contributed by atoms with Crippen LogP contribution in [0.3, 0.4) is 0 Å². The van der Waals surface area contributed by atoms with Crippen molar-refractivity contribution in [3.8, 4) is 5.88 Å². The maximum atomic E-state index is 8.49. The Hall–Kier alpha value is -3.18. The largest absolute Gasteiger partial charge is 0.473 e. The van der Waals surface area contributed by atoms with E-state index < -0.39 is 0 Å². The van der Waals surface area contributed by atoms with E-state index in [1.54, 1.807) is 18.3 Å². The quantitative estimate of drug-likeness (QED) is 0.366. The van der Waals surface area contributed by atoms with Gasteiger partial charge in [-0.25, -0.2) is 9.98 Å². The monoisotopic (exact) mass is 347 g/mol. The minimum Gasteiger partial charge on any atom is -0.473 e. The molecule has 3 aromatic rings. The summed E-state index contributed by atoms with van der Waals surface area (Å²) in [6.07, 6.45) is 4.74. The van der Waals surface area contributed by atoms with Crippen LogP contribution in [0.1, 0.15) is 16.7 Å². The van der Waals surface area contributed by atoms with Crippen molar-refractivity contribution < 1.29 is 9.94 Å². The van der Waals surface area contributed by atoms with Crippen LogP contribution in [0.25, 0.3) is 0 Å². The van der Waals surface area contributed by atoms with Gasteiger partial charge in [-0.3, -0.25) is 10.7 Å². The van der Waals surface area contributed by atoms with Crippen molar-refractivity contribution in [3.05, 3.63) is 89.6 Å². The molecule has 0 amide bonds. The number of hydrogen-bond donors (Lipinski definition) is 2. The van der Waals surface area contributed by atoms with Gasteiger partial charge in [0.15, 0.2) is 0 Å². The minimum atomic E-state index is 0.471. The summed E-state index contributed by atoms with van der Waals surface area (Å²) in [5.74, 6) is 0.541. The topological polar surface area (TPSA) is 66.7 Å². The molecular formula is C21H21N3O2. The van der Waals surface area contributed by atoms with E-state index in [2.05, 4.69) is 52.4 Å². The molecule has 0 radical (unpaired) electrons. The fourth-order valence-electron chi connectivity index (χ4n) is 2.66. The number of aromatic nitrogens is 1. The molecular weight excluding hydrogens is 326 g/mol. The second-order valence-electron chi connectivity index (χ2n) is 5.78. The Labute approximate surface area is 153 Å². The summed E-state index contributed by atoms with van der Waals surface area (Å²) in [5.41, 5.74) is 6.26. The summed E-state index contributed by atoms with van der Waals surface area (Å²) in [7, 11) is 0. The number of ether oxygens (including phenoxy) is 1. The first kappa shape index (κ1) is 17.6. The van der Waals surface area contributed by atoms with E-state index in [9.17, 15) is 0 Å². The highest BCUT2D eigenvalue weighted by molar-refractivity contribution is 5.59. The first-order valence-electron chi connectivity index (χ1n) is 8.47. The zero-order valence-electron chi connectivity index (χ0n) is 14.4. The average Bonchev–Trinajstić information content (AvgIpc) is 2.71. The van der Waals surface area contributed by atoms with Crippen LogP contribution in [0.2, 0.25) is 0 Å². The maximum Gasteiger partial charge on any atom is 0.213 e. The first-order chi connectivity index (χ1) is 12.8. The van der Waals surface area contributed by atoms with Crippen LogP contribution in [0.5, 0.6) is 5.88 Å². The lowest BCUT2D eigenvalue weighted by Crippen LogP contribution is -2.02. The van der Waals surface area contributed by atoms with Crippen LogP contribution in [-0.2, 0) is 19.4 Å². The van der Waals surface area contributed by atoms with Crippen molar-refractivity contribution in [1.29, 1.82) is 0 Å². The number of nitrogens with zero attached hydrogens (tertiary/aromatic N) is 2. The van der Waals surface area contributed by atoms with Crippen molar-refractivity contribution in [2.45, 2.75) is 19.4 Å². The Morgan fingerprint density at radius 1 is 0.923 bits per heavy atom. The average molecular weight is 347 g/mol. The van der Waals surface area contributed by atoms with Gasteiger partial charge in [0.25, 0.3) is 0 Å². The number of aryl methyl sites for hydroxylation is 2. The van der Waals surface area contributed by atoms with Gasteiger partial charge in [0.05, 0.1) is 11.9 Å². The molecule has 26 heavy (non-hydrogen) atoms. The third-order valence-corrected chi connectivity index (χ3v) is 4.01. The standard InChI is InChI=1S/C21H21N3O2/c25-24-16-23-20-12-13-21(22-14-20)26-15-19-9-5-4-8-18(19)11-10-17-6-2-1-3-7-17/h1-9,12-14,16,25H,10-11,15H2,(H,23,24). The number of nitrogens with one attached hydrogen (secondary N) is 1. The normalized spacial score (nSPS) is 10.8. The third-order valence-electron chi connectivity index (χ3n) is 4.01. The number of benzene rings is 2. The third kappa shape index (κ3) is 5.16. The van der Waals surface area contributed by atoms with E-state index in [1.807, 2.05) is 17.6 Å². The number of hydroxylamine groups is 1. The van der Waals surface area contributed by atoms with Gasteiger partial charge in [-0.1, -0.05) is 54.6 Å². The van der Waals surface area contributed by atoms with Crippen LogP contribution < -0.4 is 10.2 Å². The van der Waals surface area contributed by atoms with E-state index in [1.165, 1.54) is 17.5 Å². The second kappa shape index (κ2) is 9.34. The van der Waals surface area contributed by atoms with Gasteiger partial charge in [-0.05, 0) is 35.6 Å². The van der Waals surface area contributed by atoms with Crippen molar-refractivity contribution in [3.63, 3.8) is 0 Å². The number of pyridine rings is 1. The highest BCUT2D eigenvalue weighted by Crippen LogP contribution is 2.18. The second-order valence-corrected chi connectivity index (χ2v) is 5.78. The van der Waals surface area contributed by atoms with Gasteiger partial charge in [-0.2, -0.15) is 0 Å². The van der Waals surface area contributed by atoms with Crippen LogP contribution in [-0.4, -0.2) is 16.5 Å². The van der Waals surface area contributed by atoms with Crippen LogP contribution in [0.4, 0.5) is 5.69 Å². The molecule has 0 fully saturated rings. The summed E-state index contributed by atoms with van der Waals surface area (Å²) in [6, 6.07) is 22.3. The van der Waals surface area contributed by atoms with E-state index in [-0.39, 0.29) is 0 Å². The summed E-state index contributed by atoms with van der Waals surface area (Å²) in [4.78, 5) is 8.17. The van der Waals surface area contributed by atoms with E-state index in [4.69, 9.17) is 9.94 Å². The van der Waals surface area contributed by atoms with Crippen molar-refractivity contribution in [1.82, 2.24) is 10.5 Å². The zero-order chi connectivity index (χ0) is 18.0. The van der Waals surface area contributed by atoms with Crippen molar-refractivity contribution in [2.75, 3.05) is 0 Å². The van der Waals surface area contributed by atoms with Gasteiger partial charge in [-0.15, -0.1) is 0 Å². The molecule has 0 saturated heterocycles. The minimum absolute atomic E-state index is 0.471. The molecule has 0 aliphatic carbocycles. The fourth-order valence-corrected chi connectivity index (χ4v) is 2.66. The van der Waals surface area contributed by atoms with Gasteiger partial charge >= 0.3 is 0 Å². The molecule has 2 N–H and O–H groups in total. The molecule has 1 aromatic heterocycles. The Morgan fingerprint density at radius 3 is 2.42 bits per heavy atom. The van der Waals surface area contributed by atoms with E-state index >= 15 is 0 Å². The van der Waals surface area contributed by atoms with Crippen molar-refractivity contribution in [2.24, 2.45) is 4.99 Å². The summed E-state index contributed by atoms with van der Waals surface area (Å²) >= 11 is 0. The molecule has 0 atom stereocenters. The van der Waals surface area contributed by atoms with Crippen LogP contribution in [0, 0.1) is 0 Å². The van der Waals surface area contributed by atoms with E-state index in [0.717, 1.165) is 18.4 Å². The summed E-state index contributed by atoms with van der Waals surface area (Å²) in [5, 5.41) is 8.49. The van der Waals surface area contributed by atoms with Crippen molar-refractivity contribution >= 4 is 12.0 Å². The van der Waals surface area contributed by atoms with Gasteiger partial charge in [0.1, 0.15) is 12.9 Å². The van der Waals surface area contributed by atoms with Gasteiger partial charge in [0.2, 0.25) is 5.88 Å². The lowest BCUT2D eigenvalue weighted by atomic mass is 10.0. The Balaban J connectivity index is 1.60. The highest BCUT2D eigenvalue weighted by Gasteiger charge is 2.04. The Kier molecular flexibility index (Phi) is 6.34. The summed E-state index contributed by atoms with van der Waals surface area (Å²) < 4.78 is 5.82. The predicted octanol–water partition coefficient (Wildman–Crippen LogP) is 4.08. The molecule has 0 bridgehead atoms. The Morgan fingerprint density at radius 2 is 1.69 bits per heavy atom. The highest BCUT2D eigenvalue weighted by atomic mass is 16.5. The van der Waals surface area contributed by atoms with E-state index in [0.29, 0.717) is 18.2 Å². The molecule has 0 unspecified atom stereocenters.